The van der Waals surface area contributed by atoms with Crippen LogP contribution in [-0.2, 0) is 4.74 Å². The molecule has 5 nitrogen and oxygen atoms in total. The molecule has 0 N–H and O–H groups in total. The van der Waals surface area contributed by atoms with Crippen molar-refractivity contribution in [2.45, 2.75) is 6.92 Å². The first-order valence-corrected chi connectivity index (χ1v) is 7.49. The normalized spacial score (nSPS) is 15.0. The Labute approximate surface area is 130 Å². The average molecular weight is 359 g/mol. The van der Waals surface area contributed by atoms with Crippen molar-refractivity contribution in [3.63, 3.8) is 0 Å². The molecule has 0 spiro atoms. The van der Waals surface area contributed by atoms with Gasteiger partial charge in [0.2, 0.25) is 0 Å². The van der Waals surface area contributed by atoms with Gasteiger partial charge < -0.3 is 14.5 Å². The first-order chi connectivity index (χ1) is 10.0. The Balaban J connectivity index is 2.00. The van der Waals surface area contributed by atoms with Crippen LogP contribution >= 0.6 is 15.9 Å². The number of amides is 2. The highest BCUT2D eigenvalue weighted by Crippen LogP contribution is 2.20. The predicted molar refractivity (Wildman–Crippen MR) is 78.6 cm³/mol. The van der Waals surface area contributed by atoms with Gasteiger partial charge in [-0.15, -0.1) is 0 Å². The molecule has 21 heavy (non-hydrogen) atoms. The fourth-order valence-electron chi connectivity index (χ4n) is 2.15. The van der Waals surface area contributed by atoms with Crippen LogP contribution < -0.4 is 0 Å². The Morgan fingerprint density at radius 2 is 1.86 bits per heavy atom. The summed E-state index contributed by atoms with van der Waals surface area (Å²) in [5.74, 6) is -0.923. The molecule has 0 radical (unpaired) electrons. The molecule has 2 rings (SSSR count). The van der Waals surface area contributed by atoms with Crippen LogP contribution in [0.25, 0.3) is 0 Å². The number of halogens is 2. The number of carbonyl (C=O) groups is 2. The van der Waals surface area contributed by atoms with Crippen LogP contribution in [0.2, 0.25) is 0 Å². The Morgan fingerprint density at radius 3 is 2.48 bits per heavy atom. The zero-order chi connectivity index (χ0) is 15.4. The van der Waals surface area contributed by atoms with E-state index in [2.05, 4.69) is 15.9 Å². The van der Waals surface area contributed by atoms with Crippen LogP contribution in [0.3, 0.4) is 0 Å². The third-order valence-electron chi connectivity index (χ3n) is 3.27. The molecule has 0 aliphatic carbocycles. The first-order valence-electron chi connectivity index (χ1n) is 6.69. The smallest absolute Gasteiger partial charge is 0.409 e. The van der Waals surface area contributed by atoms with Crippen molar-refractivity contribution in [3.05, 3.63) is 34.1 Å². The molecule has 1 fully saturated rings. The van der Waals surface area contributed by atoms with Crippen LogP contribution in [0.5, 0.6) is 0 Å². The van der Waals surface area contributed by atoms with Crippen molar-refractivity contribution in [2.75, 3.05) is 32.8 Å². The van der Waals surface area contributed by atoms with Crippen molar-refractivity contribution >= 4 is 27.9 Å². The predicted octanol–water partition coefficient (Wildman–Crippen LogP) is 2.50. The summed E-state index contributed by atoms with van der Waals surface area (Å²) in [4.78, 5) is 27.0. The molecule has 7 heteroatoms. The quantitative estimate of drug-likeness (QED) is 0.815. The molecule has 0 unspecified atom stereocenters. The second-order valence-electron chi connectivity index (χ2n) is 4.58. The molecule has 1 saturated heterocycles. The molecule has 0 bridgehead atoms. The topological polar surface area (TPSA) is 49.9 Å². The lowest BCUT2D eigenvalue weighted by atomic mass is 10.1. The van der Waals surface area contributed by atoms with Gasteiger partial charge in [-0.05, 0) is 35.0 Å². The Bertz CT molecular complexity index is 545. The molecular weight excluding hydrogens is 343 g/mol. The Hall–Kier alpha value is -1.63. The lowest BCUT2D eigenvalue weighted by molar-refractivity contribution is 0.0566. The van der Waals surface area contributed by atoms with Gasteiger partial charge >= 0.3 is 6.09 Å². The van der Waals surface area contributed by atoms with E-state index >= 15 is 0 Å². The van der Waals surface area contributed by atoms with E-state index in [1.165, 1.54) is 6.07 Å². The molecule has 114 valence electrons. The monoisotopic (exact) mass is 358 g/mol. The number of ether oxygens (including phenoxy) is 1. The third kappa shape index (κ3) is 3.53. The molecule has 1 aromatic rings. The fourth-order valence-corrected chi connectivity index (χ4v) is 2.51. The standard InChI is InChI=1S/C14H16BrFN2O3/c1-2-21-14(20)18-8-6-17(7-9-18)13(19)10-4-3-5-11(15)12(10)16/h3-5H,2,6-9H2,1H3. The summed E-state index contributed by atoms with van der Waals surface area (Å²) in [5, 5.41) is 0. The van der Waals surface area contributed by atoms with Crippen molar-refractivity contribution in [3.8, 4) is 0 Å². The zero-order valence-corrected chi connectivity index (χ0v) is 13.2. The van der Waals surface area contributed by atoms with Crippen LogP contribution in [-0.4, -0.2) is 54.6 Å². The van der Waals surface area contributed by atoms with Gasteiger partial charge in [0.1, 0.15) is 5.82 Å². The number of piperazine rings is 1. The second-order valence-corrected chi connectivity index (χ2v) is 5.43. The van der Waals surface area contributed by atoms with Gasteiger partial charge in [-0.3, -0.25) is 4.79 Å². The van der Waals surface area contributed by atoms with Crippen molar-refractivity contribution < 1.29 is 18.7 Å². The molecule has 0 aromatic heterocycles. The number of nitrogens with zero attached hydrogens (tertiary/aromatic N) is 2. The van der Waals surface area contributed by atoms with Gasteiger partial charge in [0.15, 0.2) is 0 Å². The second kappa shape index (κ2) is 6.89. The van der Waals surface area contributed by atoms with Gasteiger partial charge in [-0.1, -0.05) is 6.07 Å². The van der Waals surface area contributed by atoms with Crippen LogP contribution in [0.4, 0.5) is 9.18 Å². The third-order valence-corrected chi connectivity index (χ3v) is 3.89. The summed E-state index contributed by atoms with van der Waals surface area (Å²) in [6.45, 7) is 3.57. The van der Waals surface area contributed by atoms with Gasteiger partial charge in [0, 0.05) is 26.2 Å². The van der Waals surface area contributed by atoms with Crippen molar-refractivity contribution in [1.29, 1.82) is 0 Å². The molecular formula is C14H16BrFN2O3. The number of hydrogen-bond acceptors (Lipinski definition) is 3. The molecule has 2 amide bonds. The van der Waals surface area contributed by atoms with E-state index in [9.17, 15) is 14.0 Å². The van der Waals surface area contributed by atoms with E-state index in [-0.39, 0.29) is 22.0 Å². The van der Waals surface area contributed by atoms with Gasteiger partial charge in [-0.25, -0.2) is 9.18 Å². The minimum Gasteiger partial charge on any atom is -0.450 e. The van der Waals surface area contributed by atoms with E-state index < -0.39 is 5.82 Å². The number of rotatable bonds is 2. The Kier molecular flexibility index (Phi) is 5.17. The summed E-state index contributed by atoms with van der Waals surface area (Å²) in [6.07, 6.45) is -0.377. The van der Waals surface area contributed by atoms with E-state index in [1.807, 2.05) is 0 Å². The van der Waals surface area contributed by atoms with Crippen LogP contribution in [0.1, 0.15) is 17.3 Å². The van der Waals surface area contributed by atoms with E-state index in [1.54, 1.807) is 28.9 Å². The number of hydrogen-bond donors (Lipinski definition) is 0. The average Bonchev–Trinajstić information content (AvgIpc) is 2.50. The maximum absolute atomic E-state index is 13.9. The number of carbonyl (C=O) groups excluding carboxylic acids is 2. The highest BCUT2D eigenvalue weighted by molar-refractivity contribution is 9.10. The SMILES string of the molecule is CCOC(=O)N1CCN(C(=O)c2cccc(Br)c2F)CC1. The lowest BCUT2D eigenvalue weighted by Gasteiger charge is -2.34. The van der Waals surface area contributed by atoms with Gasteiger partial charge in [-0.2, -0.15) is 0 Å². The van der Waals surface area contributed by atoms with E-state index in [0.29, 0.717) is 32.8 Å². The summed E-state index contributed by atoms with van der Waals surface area (Å²) in [7, 11) is 0. The largest absolute Gasteiger partial charge is 0.450 e. The fraction of sp³-hybridized carbons (Fsp3) is 0.429. The molecule has 1 aromatic carbocycles. The summed E-state index contributed by atoms with van der Waals surface area (Å²) in [6, 6.07) is 4.63. The Morgan fingerprint density at radius 1 is 1.24 bits per heavy atom. The highest BCUT2D eigenvalue weighted by atomic mass is 79.9. The first kappa shape index (κ1) is 15.8. The molecule has 1 aliphatic heterocycles. The lowest BCUT2D eigenvalue weighted by Crippen LogP contribution is -2.50. The van der Waals surface area contributed by atoms with Crippen LogP contribution in [0.15, 0.2) is 22.7 Å². The van der Waals surface area contributed by atoms with E-state index in [0.717, 1.165) is 0 Å². The highest BCUT2D eigenvalue weighted by Gasteiger charge is 2.27. The van der Waals surface area contributed by atoms with E-state index in [4.69, 9.17) is 4.74 Å². The van der Waals surface area contributed by atoms with Crippen LogP contribution in [0, 0.1) is 5.82 Å². The summed E-state index contributed by atoms with van der Waals surface area (Å²) < 4.78 is 19.1. The number of benzene rings is 1. The maximum Gasteiger partial charge on any atom is 0.409 e. The van der Waals surface area contributed by atoms with Gasteiger partial charge in [0.25, 0.3) is 5.91 Å². The minimum atomic E-state index is -0.560. The molecule has 1 heterocycles. The van der Waals surface area contributed by atoms with Crippen molar-refractivity contribution in [2.24, 2.45) is 0 Å². The maximum atomic E-state index is 13.9. The van der Waals surface area contributed by atoms with Crippen molar-refractivity contribution in [1.82, 2.24) is 9.80 Å². The van der Waals surface area contributed by atoms with Gasteiger partial charge in [0.05, 0.1) is 16.6 Å². The minimum absolute atomic E-state index is 0.0361. The zero-order valence-electron chi connectivity index (χ0n) is 11.6. The summed E-state index contributed by atoms with van der Waals surface area (Å²) in [5.41, 5.74) is 0.0361. The molecule has 0 saturated carbocycles. The molecule has 0 atom stereocenters. The molecule has 1 aliphatic rings. The summed E-state index contributed by atoms with van der Waals surface area (Å²) >= 11 is 3.07.